The molecule has 0 spiro atoms. The monoisotopic (exact) mass is 359 g/mol. The van der Waals surface area contributed by atoms with Crippen molar-refractivity contribution in [3.05, 3.63) is 68.9 Å². The Morgan fingerprint density at radius 3 is 2.67 bits per heavy atom. The van der Waals surface area contributed by atoms with E-state index in [1.807, 2.05) is 36.4 Å². The number of carbonyl (C=O) groups excluding carboxylic acids is 1. The predicted molar refractivity (Wildman–Crippen MR) is 90.8 cm³/mol. The van der Waals surface area contributed by atoms with Gasteiger partial charge in [-0.2, -0.15) is 0 Å². The molecule has 0 saturated heterocycles. The van der Waals surface area contributed by atoms with Crippen molar-refractivity contribution >= 4 is 45.4 Å². The number of nitro groups is 1. The molecule has 0 fully saturated rings. The van der Waals surface area contributed by atoms with Gasteiger partial charge < -0.3 is 4.42 Å². The second-order valence-corrected chi connectivity index (χ2v) is 6.42. The summed E-state index contributed by atoms with van der Waals surface area (Å²) in [6.07, 6.45) is 3.46. The van der Waals surface area contributed by atoms with Crippen molar-refractivity contribution in [3.8, 4) is 0 Å². The van der Waals surface area contributed by atoms with Gasteiger partial charge in [0.15, 0.2) is 0 Å². The minimum Gasteiger partial charge on any atom is -0.412 e. The number of hydrogen-bond donors (Lipinski definition) is 0. The summed E-state index contributed by atoms with van der Waals surface area (Å²) in [4.78, 5) is 22.4. The van der Waals surface area contributed by atoms with Crippen LogP contribution in [-0.2, 0) is 0 Å². The fourth-order valence-electron chi connectivity index (χ4n) is 1.73. The molecule has 0 N–H and O–H groups in total. The molecule has 0 saturated carbocycles. The molecule has 0 aliphatic rings. The summed E-state index contributed by atoms with van der Waals surface area (Å²) in [6, 6.07) is 12.3. The molecule has 3 aromatic rings. The molecule has 0 amide bonds. The van der Waals surface area contributed by atoms with Crippen molar-refractivity contribution in [2.45, 2.75) is 5.22 Å². The average molecular weight is 359 g/mol. The highest BCUT2D eigenvalue weighted by Gasteiger charge is 2.18. The fourth-order valence-corrected chi connectivity index (χ4v) is 3.17. The Balaban J connectivity index is 1.66. The number of nitrogens with zero attached hydrogens (tertiary/aromatic N) is 3. The molecule has 2 heterocycles. The Kier molecular flexibility index (Phi) is 4.82. The van der Waals surface area contributed by atoms with Gasteiger partial charge in [-0.1, -0.05) is 41.7 Å². The lowest BCUT2D eigenvalue weighted by atomic mass is 10.2. The van der Waals surface area contributed by atoms with Gasteiger partial charge in [0, 0.05) is 23.9 Å². The predicted octanol–water partition coefficient (Wildman–Crippen LogP) is 4.14. The molecule has 9 heteroatoms. The van der Waals surface area contributed by atoms with E-state index in [0.717, 1.165) is 28.7 Å². The Labute approximate surface area is 144 Å². The van der Waals surface area contributed by atoms with Crippen molar-refractivity contribution in [2.75, 3.05) is 0 Å². The van der Waals surface area contributed by atoms with Gasteiger partial charge >= 0.3 is 5.00 Å². The first-order valence-electron chi connectivity index (χ1n) is 6.65. The van der Waals surface area contributed by atoms with E-state index in [4.69, 9.17) is 4.42 Å². The zero-order chi connectivity index (χ0) is 16.9. The number of hydrogen-bond acceptors (Lipinski definition) is 8. The highest BCUT2D eigenvalue weighted by molar-refractivity contribution is 8.14. The van der Waals surface area contributed by atoms with Gasteiger partial charge in [-0.05, 0) is 17.7 Å². The summed E-state index contributed by atoms with van der Waals surface area (Å²) in [6.45, 7) is 0. The van der Waals surface area contributed by atoms with Crippen molar-refractivity contribution in [1.29, 1.82) is 0 Å². The maximum absolute atomic E-state index is 12.0. The van der Waals surface area contributed by atoms with Crippen LogP contribution < -0.4 is 0 Å². The van der Waals surface area contributed by atoms with E-state index >= 15 is 0 Å². The maximum atomic E-state index is 12.0. The van der Waals surface area contributed by atoms with Gasteiger partial charge in [0.1, 0.15) is 0 Å². The van der Waals surface area contributed by atoms with Crippen LogP contribution in [0.15, 0.2) is 52.1 Å². The van der Waals surface area contributed by atoms with Crippen LogP contribution in [-0.4, -0.2) is 20.2 Å². The van der Waals surface area contributed by atoms with E-state index < -0.39 is 4.92 Å². The van der Waals surface area contributed by atoms with E-state index in [-0.39, 0.29) is 26.1 Å². The number of rotatable bonds is 5. The van der Waals surface area contributed by atoms with E-state index in [9.17, 15) is 14.9 Å². The lowest BCUT2D eigenvalue weighted by molar-refractivity contribution is -0.380. The Morgan fingerprint density at radius 1 is 1.17 bits per heavy atom. The van der Waals surface area contributed by atoms with Gasteiger partial charge in [-0.15, -0.1) is 10.2 Å². The van der Waals surface area contributed by atoms with Gasteiger partial charge in [0.05, 0.1) is 9.80 Å². The molecule has 3 rings (SSSR count). The molecule has 24 heavy (non-hydrogen) atoms. The van der Waals surface area contributed by atoms with E-state index in [2.05, 4.69) is 10.2 Å². The largest absolute Gasteiger partial charge is 0.412 e. The SMILES string of the molecule is O=C(Sc1nnc(/C=C/c2ccccc2)o1)c1ccc([N+](=O)[O-])s1. The molecule has 0 bridgehead atoms. The van der Waals surface area contributed by atoms with Gasteiger partial charge in [-0.25, -0.2) is 0 Å². The smallest absolute Gasteiger partial charge is 0.324 e. The van der Waals surface area contributed by atoms with Crippen LogP contribution in [0.3, 0.4) is 0 Å². The van der Waals surface area contributed by atoms with Crippen molar-refractivity contribution in [1.82, 2.24) is 10.2 Å². The molecule has 0 radical (unpaired) electrons. The highest BCUT2D eigenvalue weighted by Crippen LogP contribution is 2.29. The van der Waals surface area contributed by atoms with Crippen LogP contribution in [0.4, 0.5) is 5.00 Å². The second-order valence-electron chi connectivity index (χ2n) is 4.43. The van der Waals surface area contributed by atoms with Gasteiger partial charge in [-0.3, -0.25) is 14.9 Å². The topological polar surface area (TPSA) is 99.1 Å². The van der Waals surface area contributed by atoms with Gasteiger partial charge in [0.25, 0.3) is 5.22 Å². The summed E-state index contributed by atoms with van der Waals surface area (Å²) in [5.41, 5.74) is 0.979. The molecule has 120 valence electrons. The first-order valence-corrected chi connectivity index (χ1v) is 8.28. The first-order chi connectivity index (χ1) is 11.6. The Morgan fingerprint density at radius 2 is 1.96 bits per heavy atom. The molecule has 0 aliphatic carbocycles. The number of thiophene rings is 1. The van der Waals surface area contributed by atoms with Crippen LogP contribution in [0.2, 0.25) is 0 Å². The first kappa shape index (κ1) is 16.1. The molecule has 0 aliphatic heterocycles. The maximum Gasteiger partial charge on any atom is 0.324 e. The molecule has 1 aromatic carbocycles. The molecule has 2 aromatic heterocycles. The summed E-state index contributed by atoms with van der Waals surface area (Å²) in [5, 5.41) is 17.9. The summed E-state index contributed by atoms with van der Waals surface area (Å²) in [5.74, 6) is 0.270. The molecular weight excluding hydrogens is 350 g/mol. The van der Waals surface area contributed by atoms with Gasteiger partial charge in [0.2, 0.25) is 11.0 Å². The lowest BCUT2D eigenvalue weighted by Crippen LogP contribution is -1.88. The van der Waals surface area contributed by atoms with E-state index in [1.54, 1.807) is 6.08 Å². The number of aromatic nitrogens is 2. The highest BCUT2D eigenvalue weighted by atomic mass is 32.2. The standard InChI is InChI=1S/C15H9N3O4S2/c19-14(11-7-9-13(23-11)18(20)21)24-15-17-16-12(22-15)8-6-10-4-2-1-3-5-10/h1-9H/b8-6+. The minimum absolute atomic E-state index is 0.0868. The number of benzene rings is 1. The van der Waals surface area contributed by atoms with E-state index in [1.165, 1.54) is 12.1 Å². The second kappa shape index (κ2) is 7.20. The summed E-state index contributed by atoms with van der Waals surface area (Å²) in [7, 11) is 0. The fraction of sp³-hybridized carbons (Fsp3) is 0. The van der Waals surface area contributed by atoms with Crippen LogP contribution >= 0.6 is 23.1 Å². The third kappa shape index (κ3) is 3.94. The summed E-state index contributed by atoms with van der Waals surface area (Å²) >= 11 is 1.55. The molecule has 0 unspecified atom stereocenters. The third-order valence-corrected chi connectivity index (χ3v) is 4.70. The van der Waals surface area contributed by atoms with Crippen LogP contribution in [0.25, 0.3) is 12.2 Å². The Hall–Kier alpha value is -2.78. The molecule has 7 nitrogen and oxygen atoms in total. The quantitative estimate of drug-likeness (QED) is 0.383. The zero-order valence-corrected chi connectivity index (χ0v) is 13.6. The normalized spacial score (nSPS) is 11.0. The number of thioether (sulfide) groups is 1. The minimum atomic E-state index is -0.536. The molecule has 0 atom stereocenters. The average Bonchev–Trinajstić information content (AvgIpc) is 3.23. The van der Waals surface area contributed by atoms with Crippen LogP contribution in [0.5, 0.6) is 0 Å². The van der Waals surface area contributed by atoms with Crippen molar-refractivity contribution in [2.24, 2.45) is 0 Å². The van der Waals surface area contributed by atoms with Crippen molar-refractivity contribution < 1.29 is 14.1 Å². The lowest BCUT2D eigenvalue weighted by Gasteiger charge is -1.91. The molecular formula is C15H9N3O4S2. The van der Waals surface area contributed by atoms with Crippen molar-refractivity contribution in [3.63, 3.8) is 0 Å². The Bertz CT molecular complexity index is 902. The van der Waals surface area contributed by atoms with E-state index in [0.29, 0.717) is 0 Å². The zero-order valence-electron chi connectivity index (χ0n) is 12.0. The van der Waals surface area contributed by atoms with Crippen LogP contribution in [0, 0.1) is 10.1 Å². The van der Waals surface area contributed by atoms with Crippen LogP contribution in [0.1, 0.15) is 21.1 Å². The third-order valence-electron chi connectivity index (χ3n) is 2.79. The summed E-state index contributed by atoms with van der Waals surface area (Å²) < 4.78 is 5.36. The number of carbonyl (C=O) groups is 1.